The van der Waals surface area contributed by atoms with E-state index in [1.165, 1.54) is 12.1 Å². The molecule has 8 heteroatoms. The van der Waals surface area contributed by atoms with Crippen LogP contribution in [0, 0.1) is 5.82 Å². The largest absolute Gasteiger partial charge is 0.461 e. The molecule has 184 valence electrons. The molecule has 0 aliphatic heterocycles. The first-order valence-electron chi connectivity index (χ1n) is 11.4. The Bertz CT molecular complexity index is 1140. The number of aromatic nitrogens is 2. The van der Waals surface area contributed by atoms with Gasteiger partial charge in [0.05, 0.1) is 12.4 Å². The molecule has 0 spiro atoms. The molecule has 0 aliphatic rings. The number of esters is 1. The van der Waals surface area contributed by atoms with Gasteiger partial charge < -0.3 is 14.6 Å². The van der Waals surface area contributed by atoms with Crippen molar-refractivity contribution in [3.63, 3.8) is 0 Å². The number of nitrogens with one attached hydrogen (secondary N) is 1. The van der Waals surface area contributed by atoms with Crippen LogP contribution in [0.5, 0.6) is 0 Å². The Labute approximate surface area is 209 Å². The molecule has 3 rings (SSSR count). The number of rotatable bonds is 11. The number of nitrogens with zero attached hydrogens (tertiary/aromatic N) is 2. The van der Waals surface area contributed by atoms with Crippen molar-refractivity contribution < 1.29 is 18.7 Å². The van der Waals surface area contributed by atoms with Crippen molar-refractivity contribution in [2.45, 2.75) is 39.0 Å². The highest BCUT2D eigenvalue weighted by atomic mass is 32.2. The molecule has 0 fully saturated rings. The molecule has 0 bridgehead atoms. The summed E-state index contributed by atoms with van der Waals surface area (Å²) in [7, 11) is 0. The summed E-state index contributed by atoms with van der Waals surface area (Å²) < 4.78 is 20.9. The topological polar surface area (TPSA) is 73.2 Å². The van der Waals surface area contributed by atoms with Crippen LogP contribution >= 0.6 is 11.8 Å². The van der Waals surface area contributed by atoms with Crippen molar-refractivity contribution in [2.24, 2.45) is 0 Å². The molecule has 1 heterocycles. The van der Waals surface area contributed by atoms with Crippen LogP contribution in [0.25, 0.3) is 17.2 Å². The van der Waals surface area contributed by atoms with E-state index in [1.807, 2.05) is 41.3 Å². The molecule has 0 unspecified atom stereocenters. The van der Waals surface area contributed by atoms with Crippen LogP contribution in [0.3, 0.4) is 0 Å². The lowest BCUT2D eigenvalue weighted by Crippen LogP contribution is -2.43. The highest BCUT2D eigenvalue weighted by Crippen LogP contribution is 2.26. The van der Waals surface area contributed by atoms with Crippen LogP contribution in [0.2, 0.25) is 0 Å². The summed E-state index contributed by atoms with van der Waals surface area (Å²) in [6.07, 6.45) is 11.4. The fourth-order valence-electron chi connectivity index (χ4n) is 3.47. The third-order valence-electron chi connectivity index (χ3n) is 5.18. The molecule has 6 nitrogen and oxygen atoms in total. The van der Waals surface area contributed by atoms with Crippen LogP contribution in [0.4, 0.5) is 4.39 Å². The molecule has 1 aromatic heterocycles. The van der Waals surface area contributed by atoms with Crippen molar-refractivity contribution >= 4 is 29.7 Å². The standard InChI is InChI=1S/C27H30FN3O3S/c1-19(2)34-27(33)25(12-16-35-3)30-26(32)23-11-6-20(5-4-14-31-15-13-29-18-31)17-24(23)21-7-9-22(28)10-8-21/h4-11,13,15,17-19,25H,12,14,16H2,1-3H3,(H,30,32)/t25-/m0/s1. The van der Waals surface area contributed by atoms with E-state index in [1.54, 1.807) is 56.3 Å². The molecule has 1 N–H and O–H groups in total. The highest BCUT2D eigenvalue weighted by molar-refractivity contribution is 7.98. The van der Waals surface area contributed by atoms with Crippen LogP contribution < -0.4 is 5.32 Å². The zero-order valence-electron chi connectivity index (χ0n) is 20.1. The van der Waals surface area contributed by atoms with E-state index in [2.05, 4.69) is 10.3 Å². The summed E-state index contributed by atoms with van der Waals surface area (Å²) in [6.45, 7) is 4.21. The number of benzene rings is 2. The number of allylic oxidation sites excluding steroid dienone is 1. The summed E-state index contributed by atoms with van der Waals surface area (Å²) in [4.78, 5) is 29.9. The van der Waals surface area contributed by atoms with Gasteiger partial charge in [-0.1, -0.05) is 30.4 Å². The number of carbonyl (C=O) groups is 2. The normalized spacial score (nSPS) is 12.1. The van der Waals surface area contributed by atoms with Crippen molar-refractivity contribution in [3.8, 4) is 11.1 Å². The van der Waals surface area contributed by atoms with Gasteiger partial charge in [0, 0.05) is 24.5 Å². The second-order valence-electron chi connectivity index (χ2n) is 8.27. The average molecular weight is 496 g/mol. The minimum atomic E-state index is -0.756. The van der Waals surface area contributed by atoms with Crippen molar-refractivity contribution in [3.05, 3.63) is 84.2 Å². The van der Waals surface area contributed by atoms with Crippen molar-refractivity contribution in [1.82, 2.24) is 14.9 Å². The summed E-state index contributed by atoms with van der Waals surface area (Å²) in [5.74, 6) is -0.497. The third-order valence-corrected chi connectivity index (χ3v) is 5.83. The Morgan fingerprint density at radius 2 is 1.97 bits per heavy atom. The molecule has 1 atom stereocenters. The monoisotopic (exact) mass is 495 g/mol. The molecular weight excluding hydrogens is 465 g/mol. The molecule has 0 saturated heterocycles. The quantitative estimate of drug-likeness (QED) is 0.370. The first kappa shape index (κ1) is 26.2. The van der Waals surface area contributed by atoms with Gasteiger partial charge >= 0.3 is 5.97 Å². The number of hydrogen-bond donors (Lipinski definition) is 1. The number of ether oxygens (including phenoxy) is 1. The molecule has 0 radical (unpaired) electrons. The fraction of sp³-hybridized carbons (Fsp3) is 0.296. The summed E-state index contributed by atoms with van der Waals surface area (Å²) >= 11 is 1.59. The Morgan fingerprint density at radius 1 is 1.20 bits per heavy atom. The Balaban J connectivity index is 1.89. The van der Waals surface area contributed by atoms with E-state index in [-0.39, 0.29) is 17.8 Å². The number of thioether (sulfide) groups is 1. The lowest BCUT2D eigenvalue weighted by Gasteiger charge is -2.20. The van der Waals surface area contributed by atoms with Gasteiger partial charge in [0.15, 0.2) is 0 Å². The van der Waals surface area contributed by atoms with Gasteiger partial charge in [-0.3, -0.25) is 4.79 Å². The van der Waals surface area contributed by atoms with Gasteiger partial charge in [-0.05, 0) is 73.2 Å². The van der Waals surface area contributed by atoms with Crippen molar-refractivity contribution in [2.75, 3.05) is 12.0 Å². The second kappa shape index (κ2) is 12.9. The van der Waals surface area contributed by atoms with E-state index in [9.17, 15) is 14.0 Å². The molecule has 1 amide bonds. The second-order valence-corrected chi connectivity index (χ2v) is 9.25. The number of halogens is 1. The predicted molar refractivity (Wildman–Crippen MR) is 139 cm³/mol. The Hall–Kier alpha value is -3.39. The Morgan fingerprint density at radius 3 is 2.63 bits per heavy atom. The van der Waals surface area contributed by atoms with E-state index in [4.69, 9.17) is 4.74 Å². The summed E-state index contributed by atoms with van der Waals surface area (Å²) in [5.41, 5.74) is 2.63. The molecule has 0 aliphatic carbocycles. The van der Waals surface area contributed by atoms with Gasteiger partial charge in [0.1, 0.15) is 11.9 Å². The van der Waals surface area contributed by atoms with E-state index < -0.39 is 12.0 Å². The number of hydrogen-bond acceptors (Lipinski definition) is 5. The lowest BCUT2D eigenvalue weighted by molar-refractivity contribution is -0.149. The predicted octanol–water partition coefficient (Wildman–Crippen LogP) is 5.21. The van der Waals surface area contributed by atoms with E-state index in [0.717, 1.165) is 5.56 Å². The van der Waals surface area contributed by atoms with Crippen LogP contribution in [-0.4, -0.2) is 45.6 Å². The van der Waals surface area contributed by atoms with Gasteiger partial charge in [-0.15, -0.1) is 0 Å². The van der Waals surface area contributed by atoms with Gasteiger partial charge in [-0.25, -0.2) is 14.2 Å². The maximum Gasteiger partial charge on any atom is 0.328 e. The first-order chi connectivity index (χ1) is 16.9. The Kier molecular flexibility index (Phi) is 9.66. The molecule has 3 aromatic rings. The zero-order valence-corrected chi connectivity index (χ0v) is 20.9. The molecular formula is C27H30FN3O3S. The summed E-state index contributed by atoms with van der Waals surface area (Å²) in [5, 5.41) is 2.85. The fourth-order valence-corrected chi connectivity index (χ4v) is 3.94. The van der Waals surface area contributed by atoms with Crippen LogP contribution in [0.15, 0.2) is 67.3 Å². The van der Waals surface area contributed by atoms with Crippen LogP contribution in [-0.2, 0) is 16.1 Å². The van der Waals surface area contributed by atoms with Crippen molar-refractivity contribution in [1.29, 1.82) is 0 Å². The zero-order chi connectivity index (χ0) is 25.2. The highest BCUT2D eigenvalue weighted by Gasteiger charge is 2.24. The smallest absolute Gasteiger partial charge is 0.328 e. The lowest BCUT2D eigenvalue weighted by atomic mass is 9.96. The minimum Gasteiger partial charge on any atom is -0.461 e. The SMILES string of the molecule is CSCC[C@H](NC(=O)c1ccc(C=CCn2ccnc2)cc1-c1ccc(F)cc1)C(=O)OC(C)C. The van der Waals surface area contributed by atoms with Crippen LogP contribution in [0.1, 0.15) is 36.2 Å². The molecule has 0 saturated carbocycles. The molecule has 2 aromatic carbocycles. The third kappa shape index (κ3) is 7.82. The maximum atomic E-state index is 13.6. The minimum absolute atomic E-state index is 0.278. The van der Waals surface area contributed by atoms with E-state index >= 15 is 0 Å². The maximum absolute atomic E-state index is 13.6. The van der Waals surface area contributed by atoms with Gasteiger partial charge in [0.2, 0.25) is 0 Å². The summed E-state index contributed by atoms with van der Waals surface area (Å²) in [6, 6.07) is 10.7. The number of amides is 1. The molecule has 35 heavy (non-hydrogen) atoms. The van der Waals surface area contributed by atoms with Gasteiger partial charge in [-0.2, -0.15) is 11.8 Å². The van der Waals surface area contributed by atoms with E-state index in [0.29, 0.717) is 35.4 Å². The number of imidazole rings is 1. The average Bonchev–Trinajstić information content (AvgIpc) is 3.35. The first-order valence-corrected chi connectivity index (χ1v) is 12.8. The number of carbonyl (C=O) groups excluding carboxylic acids is 2. The van der Waals surface area contributed by atoms with Gasteiger partial charge in [0.25, 0.3) is 5.91 Å².